The number of hydrogen-bond donors (Lipinski definition) is 2. The first-order chi connectivity index (χ1) is 8.41. The molecule has 2 rings (SSSR count). The van der Waals surface area contributed by atoms with Crippen molar-refractivity contribution in [3.05, 3.63) is 39.6 Å². The van der Waals surface area contributed by atoms with Crippen LogP contribution in [-0.2, 0) is 0 Å². The first kappa shape index (κ1) is 11.8. The van der Waals surface area contributed by atoms with Gasteiger partial charge in [0.15, 0.2) is 0 Å². The number of anilines is 1. The average molecular weight is 247 g/mol. The molecule has 1 heterocycles. The van der Waals surface area contributed by atoms with Crippen molar-refractivity contribution in [1.29, 1.82) is 0 Å². The zero-order valence-corrected chi connectivity index (χ0v) is 9.38. The van der Waals surface area contributed by atoms with Crippen LogP contribution in [0.25, 0.3) is 10.9 Å². The quantitative estimate of drug-likeness (QED) is 0.616. The number of fused-ring (bicyclic) bond motifs is 1. The number of pyridine rings is 1. The number of aromatic nitrogens is 1. The lowest BCUT2D eigenvalue weighted by Gasteiger charge is -2.07. The molecule has 2 aromatic rings. The molecule has 92 valence electrons. The molecule has 0 unspecified atom stereocenters. The van der Waals surface area contributed by atoms with Gasteiger partial charge in [0.05, 0.1) is 16.1 Å². The van der Waals surface area contributed by atoms with E-state index in [1.165, 1.54) is 12.1 Å². The van der Waals surface area contributed by atoms with Crippen molar-refractivity contribution >= 4 is 28.2 Å². The van der Waals surface area contributed by atoms with Gasteiger partial charge in [0, 0.05) is 23.7 Å². The van der Waals surface area contributed by atoms with Crippen LogP contribution in [0, 0.1) is 17.0 Å². The van der Waals surface area contributed by atoms with Gasteiger partial charge in [-0.3, -0.25) is 15.1 Å². The molecule has 0 amide bonds. The number of nitro benzene ring substituents is 1. The fraction of sp³-hybridized carbons (Fsp3) is 0.0909. The molecule has 0 atom stereocenters. The van der Waals surface area contributed by atoms with Crippen LogP contribution in [0.15, 0.2) is 18.3 Å². The number of benzene rings is 1. The van der Waals surface area contributed by atoms with Crippen LogP contribution in [0.4, 0.5) is 11.4 Å². The highest BCUT2D eigenvalue weighted by Crippen LogP contribution is 2.29. The molecular weight excluding hydrogens is 238 g/mol. The second kappa shape index (κ2) is 3.95. The van der Waals surface area contributed by atoms with Gasteiger partial charge >= 0.3 is 5.97 Å². The van der Waals surface area contributed by atoms with Crippen LogP contribution < -0.4 is 5.73 Å². The minimum Gasteiger partial charge on any atom is -0.478 e. The predicted molar refractivity (Wildman–Crippen MR) is 64.5 cm³/mol. The minimum atomic E-state index is -1.22. The summed E-state index contributed by atoms with van der Waals surface area (Å²) in [6, 6.07) is 2.60. The van der Waals surface area contributed by atoms with E-state index in [4.69, 9.17) is 10.8 Å². The first-order valence-corrected chi connectivity index (χ1v) is 4.98. The highest BCUT2D eigenvalue weighted by atomic mass is 16.6. The second-order valence-corrected chi connectivity index (χ2v) is 3.81. The number of aromatic carboxylic acids is 1. The highest BCUT2D eigenvalue weighted by Gasteiger charge is 2.16. The number of rotatable bonds is 2. The fourth-order valence-corrected chi connectivity index (χ4v) is 1.76. The van der Waals surface area contributed by atoms with Crippen LogP contribution in [0.2, 0.25) is 0 Å². The molecule has 7 heteroatoms. The van der Waals surface area contributed by atoms with Crippen molar-refractivity contribution in [2.75, 3.05) is 5.73 Å². The van der Waals surface area contributed by atoms with Gasteiger partial charge in [-0.25, -0.2) is 4.79 Å². The number of nitrogens with two attached hydrogens (primary N) is 1. The van der Waals surface area contributed by atoms with E-state index in [0.717, 1.165) is 6.20 Å². The summed E-state index contributed by atoms with van der Waals surface area (Å²) in [6.07, 6.45) is 1.15. The summed E-state index contributed by atoms with van der Waals surface area (Å²) in [4.78, 5) is 25.1. The van der Waals surface area contributed by atoms with Crippen molar-refractivity contribution in [2.24, 2.45) is 0 Å². The molecule has 0 fully saturated rings. The maximum atomic E-state index is 10.9. The largest absolute Gasteiger partial charge is 0.478 e. The summed E-state index contributed by atoms with van der Waals surface area (Å²) in [7, 11) is 0. The number of non-ortho nitro benzene ring substituents is 1. The third-order valence-corrected chi connectivity index (χ3v) is 2.63. The Morgan fingerprint density at radius 2 is 2.17 bits per heavy atom. The Bertz CT molecular complexity index is 682. The van der Waals surface area contributed by atoms with Gasteiger partial charge in [-0.2, -0.15) is 0 Å². The smallest absolute Gasteiger partial charge is 0.339 e. The zero-order chi connectivity index (χ0) is 13.4. The summed E-state index contributed by atoms with van der Waals surface area (Å²) < 4.78 is 0. The van der Waals surface area contributed by atoms with E-state index in [1.54, 1.807) is 6.92 Å². The van der Waals surface area contributed by atoms with Crippen molar-refractivity contribution in [3.63, 3.8) is 0 Å². The Morgan fingerprint density at radius 3 is 2.72 bits per heavy atom. The second-order valence-electron chi connectivity index (χ2n) is 3.81. The number of nitrogen functional groups attached to an aromatic ring is 1. The van der Waals surface area contributed by atoms with Crippen molar-refractivity contribution < 1.29 is 14.8 Å². The van der Waals surface area contributed by atoms with E-state index < -0.39 is 10.9 Å². The third kappa shape index (κ3) is 1.71. The lowest BCUT2D eigenvalue weighted by Crippen LogP contribution is -2.05. The van der Waals surface area contributed by atoms with Gasteiger partial charge in [-0.15, -0.1) is 0 Å². The van der Waals surface area contributed by atoms with Crippen molar-refractivity contribution in [3.8, 4) is 0 Å². The lowest BCUT2D eigenvalue weighted by atomic mass is 10.1. The molecule has 0 saturated carbocycles. The molecule has 0 saturated heterocycles. The van der Waals surface area contributed by atoms with Crippen molar-refractivity contribution in [2.45, 2.75) is 6.92 Å². The molecule has 0 aliphatic carbocycles. The van der Waals surface area contributed by atoms with E-state index in [2.05, 4.69) is 4.98 Å². The topological polar surface area (TPSA) is 119 Å². The molecule has 3 N–H and O–H groups in total. The number of aryl methyl sites for hydroxylation is 1. The lowest BCUT2D eigenvalue weighted by molar-refractivity contribution is -0.384. The summed E-state index contributed by atoms with van der Waals surface area (Å²) in [5.74, 6) is -1.22. The first-order valence-electron chi connectivity index (χ1n) is 4.98. The minimum absolute atomic E-state index is 0.0145. The average Bonchev–Trinajstić information content (AvgIpc) is 2.29. The highest BCUT2D eigenvalue weighted by molar-refractivity contribution is 6.04. The monoisotopic (exact) mass is 247 g/mol. The zero-order valence-electron chi connectivity index (χ0n) is 9.38. The van der Waals surface area contributed by atoms with Gasteiger partial charge in [0.2, 0.25) is 0 Å². The van der Waals surface area contributed by atoms with Crippen molar-refractivity contribution in [1.82, 2.24) is 4.98 Å². The molecule has 0 spiro atoms. The standard InChI is InChI=1S/C11H9N3O4/c1-5-2-6(14(17)18)3-7-9(12)8(11(15)16)4-13-10(5)7/h2-4H,1H3,(H2,12,13)(H,15,16). The van der Waals surface area contributed by atoms with E-state index in [9.17, 15) is 14.9 Å². The van der Waals surface area contributed by atoms with Gasteiger partial charge in [-0.05, 0) is 12.5 Å². The number of carboxylic acid groups (broad SMARTS) is 1. The number of nitrogens with zero attached hydrogens (tertiary/aromatic N) is 2. The summed E-state index contributed by atoms with van der Waals surface area (Å²) in [6.45, 7) is 1.65. The maximum absolute atomic E-state index is 10.9. The summed E-state index contributed by atoms with van der Waals surface area (Å²) in [5, 5.41) is 20.0. The number of hydrogen-bond acceptors (Lipinski definition) is 5. The molecule has 0 aliphatic heterocycles. The molecule has 18 heavy (non-hydrogen) atoms. The predicted octanol–water partition coefficient (Wildman–Crippen LogP) is 1.73. The number of carbonyl (C=O) groups is 1. The van der Waals surface area contributed by atoms with E-state index in [-0.39, 0.29) is 22.3 Å². The Labute approximate surface area is 101 Å². The molecule has 1 aromatic heterocycles. The Balaban J connectivity index is 2.87. The number of carboxylic acids is 1. The Kier molecular flexibility index (Phi) is 2.59. The molecule has 7 nitrogen and oxygen atoms in total. The molecular formula is C11H9N3O4. The molecule has 0 radical (unpaired) electrons. The summed E-state index contributed by atoms with van der Waals surface area (Å²) in [5.41, 5.74) is 6.43. The third-order valence-electron chi connectivity index (χ3n) is 2.63. The van der Waals surface area contributed by atoms with E-state index in [0.29, 0.717) is 11.1 Å². The van der Waals surface area contributed by atoms with Crippen LogP contribution in [0.3, 0.4) is 0 Å². The van der Waals surface area contributed by atoms with E-state index in [1.807, 2.05) is 0 Å². The van der Waals surface area contributed by atoms with E-state index >= 15 is 0 Å². The molecule has 0 bridgehead atoms. The van der Waals surface area contributed by atoms with Gasteiger partial charge in [0.25, 0.3) is 5.69 Å². The summed E-state index contributed by atoms with van der Waals surface area (Å²) >= 11 is 0. The van der Waals surface area contributed by atoms with Crippen LogP contribution in [0.5, 0.6) is 0 Å². The molecule has 0 aliphatic rings. The Morgan fingerprint density at radius 1 is 1.50 bits per heavy atom. The van der Waals surface area contributed by atoms with Crippen LogP contribution in [-0.4, -0.2) is 21.0 Å². The number of nitro groups is 1. The van der Waals surface area contributed by atoms with Crippen LogP contribution in [0.1, 0.15) is 15.9 Å². The van der Waals surface area contributed by atoms with Gasteiger partial charge in [-0.1, -0.05) is 0 Å². The maximum Gasteiger partial charge on any atom is 0.339 e. The van der Waals surface area contributed by atoms with Gasteiger partial charge < -0.3 is 10.8 Å². The SMILES string of the molecule is Cc1cc([N+](=O)[O-])cc2c(N)c(C(=O)O)cnc12. The van der Waals surface area contributed by atoms with Crippen LogP contribution >= 0.6 is 0 Å². The Hall–Kier alpha value is -2.70. The molecule has 1 aromatic carbocycles. The van der Waals surface area contributed by atoms with Gasteiger partial charge in [0.1, 0.15) is 5.56 Å². The normalized spacial score (nSPS) is 10.5. The fourth-order valence-electron chi connectivity index (χ4n) is 1.76.